The summed E-state index contributed by atoms with van der Waals surface area (Å²) in [4.78, 5) is 0. The van der Waals surface area contributed by atoms with E-state index in [2.05, 4.69) is 62.5 Å². The largest absolute Gasteiger partial charge is 0.494 e. The van der Waals surface area contributed by atoms with Gasteiger partial charge in [-0.25, -0.2) is 0 Å². The van der Waals surface area contributed by atoms with Crippen LogP contribution in [0.4, 0.5) is 5.69 Å². The van der Waals surface area contributed by atoms with E-state index in [1.807, 2.05) is 12.1 Å². The van der Waals surface area contributed by atoms with Crippen LogP contribution in [0.5, 0.6) is 5.75 Å². The lowest BCUT2D eigenvalue weighted by Crippen LogP contribution is -2.03. The molecule has 1 N–H and O–H groups in total. The fourth-order valence-corrected chi connectivity index (χ4v) is 2.11. The molecule has 0 bridgehead atoms. The number of benzene rings is 2. The zero-order chi connectivity index (χ0) is 15.1. The topological polar surface area (TPSA) is 21.3 Å². The van der Waals surface area contributed by atoms with E-state index in [1.165, 1.54) is 11.1 Å². The lowest BCUT2D eigenvalue weighted by Gasteiger charge is -2.12. The molecule has 2 nitrogen and oxygen atoms in total. The molecule has 0 aliphatic heterocycles. The van der Waals surface area contributed by atoms with E-state index in [4.69, 9.17) is 4.74 Å². The maximum absolute atomic E-state index is 5.79. The van der Waals surface area contributed by atoms with Gasteiger partial charge in [-0.1, -0.05) is 44.2 Å². The van der Waals surface area contributed by atoms with Gasteiger partial charge in [-0.3, -0.25) is 0 Å². The van der Waals surface area contributed by atoms with Crippen molar-refractivity contribution in [1.29, 1.82) is 0 Å². The van der Waals surface area contributed by atoms with Gasteiger partial charge in [0.1, 0.15) is 5.75 Å². The van der Waals surface area contributed by atoms with Crippen LogP contribution >= 0.6 is 0 Å². The number of ether oxygens (including phenoxy) is 1. The number of rotatable bonds is 7. The molecule has 0 radical (unpaired) electrons. The van der Waals surface area contributed by atoms with E-state index in [0.717, 1.165) is 31.0 Å². The maximum Gasteiger partial charge on any atom is 0.121 e. The second kappa shape index (κ2) is 7.72. The van der Waals surface area contributed by atoms with Crippen LogP contribution in [0, 0.1) is 12.8 Å². The smallest absolute Gasteiger partial charge is 0.121 e. The van der Waals surface area contributed by atoms with Crippen molar-refractivity contribution in [3.63, 3.8) is 0 Å². The Bertz CT molecular complexity index is 563. The zero-order valence-electron chi connectivity index (χ0n) is 13.2. The minimum atomic E-state index is 0.673. The molecule has 0 saturated heterocycles. The second-order valence-electron chi connectivity index (χ2n) is 5.84. The third kappa shape index (κ3) is 5.14. The molecular weight excluding hydrogens is 258 g/mol. The van der Waals surface area contributed by atoms with E-state index in [0.29, 0.717) is 5.92 Å². The monoisotopic (exact) mass is 283 g/mol. The molecular formula is C19H25NO. The summed E-state index contributed by atoms with van der Waals surface area (Å²) in [6.07, 6.45) is 1.08. The minimum Gasteiger partial charge on any atom is -0.494 e. The molecule has 0 spiro atoms. The van der Waals surface area contributed by atoms with E-state index < -0.39 is 0 Å². The quantitative estimate of drug-likeness (QED) is 0.769. The van der Waals surface area contributed by atoms with Crippen LogP contribution < -0.4 is 10.1 Å². The van der Waals surface area contributed by atoms with Gasteiger partial charge >= 0.3 is 0 Å². The van der Waals surface area contributed by atoms with Crippen LogP contribution in [0.15, 0.2) is 48.5 Å². The first kappa shape index (κ1) is 15.4. The van der Waals surface area contributed by atoms with E-state index in [9.17, 15) is 0 Å². The predicted molar refractivity (Wildman–Crippen MR) is 89.9 cm³/mol. The van der Waals surface area contributed by atoms with Crippen LogP contribution in [0.2, 0.25) is 0 Å². The molecule has 0 fully saturated rings. The summed E-state index contributed by atoms with van der Waals surface area (Å²) in [5.41, 5.74) is 3.73. The Morgan fingerprint density at radius 3 is 2.62 bits per heavy atom. The Hall–Kier alpha value is -1.96. The summed E-state index contributed by atoms with van der Waals surface area (Å²) in [6.45, 7) is 8.18. The van der Waals surface area contributed by atoms with Gasteiger partial charge in [-0.15, -0.1) is 0 Å². The molecule has 21 heavy (non-hydrogen) atoms. The summed E-state index contributed by atoms with van der Waals surface area (Å²) >= 11 is 0. The number of aryl methyl sites for hydroxylation is 1. The number of anilines is 1. The molecule has 0 atom stereocenters. The molecule has 112 valence electrons. The zero-order valence-corrected chi connectivity index (χ0v) is 13.2. The van der Waals surface area contributed by atoms with Gasteiger partial charge in [-0.2, -0.15) is 0 Å². The van der Waals surface area contributed by atoms with Gasteiger partial charge in [0.15, 0.2) is 0 Å². The van der Waals surface area contributed by atoms with Crippen LogP contribution in [-0.4, -0.2) is 6.61 Å². The van der Waals surface area contributed by atoms with Gasteiger partial charge in [0.25, 0.3) is 0 Å². The van der Waals surface area contributed by atoms with Crippen molar-refractivity contribution in [2.24, 2.45) is 5.92 Å². The van der Waals surface area contributed by atoms with Crippen molar-refractivity contribution >= 4 is 5.69 Å². The third-order valence-corrected chi connectivity index (χ3v) is 3.54. The Labute approximate surface area is 128 Å². The summed E-state index contributed by atoms with van der Waals surface area (Å²) < 4.78 is 5.79. The summed E-state index contributed by atoms with van der Waals surface area (Å²) in [6, 6.07) is 16.6. The number of nitrogens with one attached hydrogen (secondary N) is 1. The van der Waals surface area contributed by atoms with Gasteiger partial charge in [0.2, 0.25) is 0 Å². The fourth-order valence-electron chi connectivity index (χ4n) is 2.11. The number of hydrogen-bond donors (Lipinski definition) is 1. The Kier molecular flexibility index (Phi) is 5.68. The van der Waals surface area contributed by atoms with Crippen molar-refractivity contribution < 1.29 is 4.74 Å². The van der Waals surface area contributed by atoms with Crippen molar-refractivity contribution in [3.05, 3.63) is 59.7 Å². The summed E-state index contributed by atoms with van der Waals surface area (Å²) in [7, 11) is 0. The van der Waals surface area contributed by atoms with E-state index in [1.54, 1.807) is 0 Å². The first-order valence-electron chi connectivity index (χ1n) is 7.66. The van der Waals surface area contributed by atoms with Gasteiger partial charge in [0, 0.05) is 18.3 Å². The molecule has 2 rings (SSSR count). The summed E-state index contributed by atoms with van der Waals surface area (Å²) in [5, 5.41) is 3.46. The third-order valence-electron chi connectivity index (χ3n) is 3.54. The van der Waals surface area contributed by atoms with E-state index in [-0.39, 0.29) is 0 Å². The fraction of sp³-hybridized carbons (Fsp3) is 0.368. The lowest BCUT2D eigenvalue weighted by molar-refractivity contribution is 0.289. The van der Waals surface area contributed by atoms with Gasteiger partial charge < -0.3 is 10.1 Å². The molecule has 0 saturated carbocycles. The van der Waals surface area contributed by atoms with Gasteiger partial charge in [0.05, 0.1) is 6.61 Å². The Balaban J connectivity index is 1.90. The van der Waals surface area contributed by atoms with Crippen LogP contribution in [0.25, 0.3) is 0 Å². The Morgan fingerprint density at radius 1 is 1.05 bits per heavy atom. The average Bonchev–Trinajstić information content (AvgIpc) is 2.46. The maximum atomic E-state index is 5.79. The minimum absolute atomic E-state index is 0.673. The van der Waals surface area contributed by atoms with Crippen molar-refractivity contribution in [1.82, 2.24) is 0 Å². The standard InChI is InChI=1S/C19H25NO/c1-15(2)11-12-21-19-10-6-9-18(13-19)20-14-17-8-5-4-7-16(17)3/h4-10,13,15,20H,11-12,14H2,1-3H3. The first-order valence-corrected chi connectivity index (χ1v) is 7.66. The average molecular weight is 283 g/mol. The van der Waals surface area contributed by atoms with Crippen molar-refractivity contribution in [2.75, 3.05) is 11.9 Å². The molecule has 2 aromatic rings. The van der Waals surface area contributed by atoms with Crippen LogP contribution in [0.3, 0.4) is 0 Å². The molecule has 0 aliphatic carbocycles. The molecule has 0 amide bonds. The molecule has 0 heterocycles. The Morgan fingerprint density at radius 2 is 1.86 bits per heavy atom. The summed E-state index contributed by atoms with van der Waals surface area (Å²) in [5.74, 6) is 1.61. The lowest BCUT2D eigenvalue weighted by atomic mass is 10.1. The molecule has 0 aromatic heterocycles. The molecule has 0 unspecified atom stereocenters. The van der Waals surface area contributed by atoms with Gasteiger partial charge in [-0.05, 0) is 42.5 Å². The van der Waals surface area contributed by atoms with Crippen LogP contribution in [-0.2, 0) is 6.54 Å². The van der Waals surface area contributed by atoms with Crippen molar-refractivity contribution in [3.8, 4) is 5.75 Å². The normalized spacial score (nSPS) is 10.7. The highest BCUT2D eigenvalue weighted by molar-refractivity contribution is 5.48. The predicted octanol–water partition coefficient (Wildman–Crippen LogP) is 5.03. The molecule has 0 aliphatic rings. The number of hydrogen-bond acceptors (Lipinski definition) is 2. The second-order valence-corrected chi connectivity index (χ2v) is 5.84. The van der Waals surface area contributed by atoms with Crippen LogP contribution in [0.1, 0.15) is 31.4 Å². The van der Waals surface area contributed by atoms with E-state index >= 15 is 0 Å². The highest BCUT2D eigenvalue weighted by Crippen LogP contribution is 2.19. The highest BCUT2D eigenvalue weighted by atomic mass is 16.5. The molecule has 2 heteroatoms. The highest BCUT2D eigenvalue weighted by Gasteiger charge is 2.00. The van der Waals surface area contributed by atoms with Crippen molar-refractivity contribution in [2.45, 2.75) is 33.7 Å². The molecule has 2 aromatic carbocycles. The SMILES string of the molecule is Cc1ccccc1CNc1cccc(OCCC(C)C)c1. The first-order chi connectivity index (χ1) is 10.1.